The minimum absolute atomic E-state index is 0.0394. The molecule has 0 aliphatic rings. The molecule has 0 bridgehead atoms. The summed E-state index contributed by atoms with van der Waals surface area (Å²) < 4.78 is 1.02. The lowest BCUT2D eigenvalue weighted by atomic mass is 10.1. The molecule has 0 spiro atoms. The Balaban J connectivity index is 2.58. The standard InChI is InChI=1S/C16H14N4O4/c1-3-20-14(21)12(8-17)9(2)13(15(20)22)19-18-11-6-4-5-10(7-11)16(23)24/h4-7,21H,3H2,1-2H3,(H,23,24). The number of aromatic hydroxyl groups is 1. The van der Waals surface area contributed by atoms with Crippen molar-refractivity contribution in [3.63, 3.8) is 0 Å². The highest BCUT2D eigenvalue weighted by molar-refractivity contribution is 5.88. The Morgan fingerprint density at radius 1 is 1.38 bits per heavy atom. The van der Waals surface area contributed by atoms with Gasteiger partial charge < -0.3 is 10.2 Å². The topological polar surface area (TPSA) is 128 Å². The Labute approximate surface area is 136 Å². The number of azo groups is 1. The predicted octanol–water partition coefficient (Wildman–Crippen LogP) is 2.87. The Hall–Kier alpha value is -3.47. The fourth-order valence-corrected chi connectivity index (χ4v) is 2.16. The van der Waals surface area contributed by atoms with Crippen molar-refractivity contribution in [3.8, 4) is 11.9 Å². The first-order valence-electron chi connectivity index (χ1n) is 7.02. The number of nitriles is 1. The van der Waals surface area contributed by atoms with Crippen LogP contribution in [-0.4, -0.2) is 20.7 Å². The molecule has 0 saturated heterocycles. The lowest BCUT2D eigenvalue weighted by molar-refractivity contribution is 0.0697. The molecule has 0 aliphatic carbocycles. The van der Waals surface area contributed by atoms with Gasteiger partial charge in [0.25, 0.3) is 5.56 Å². The second-order valence-corrected chi connectivity index (χ2v) is 4.89. The molecule has 0 unspecified atom stereocenters. The molecular weight excluding hydrogens is 312 g/mol. The van der Waals surface area contributed by atoms with E-state index in [1.54, 1.807) is 6.92 Å². The third-order valence-electron chi connectivity index (χ3n) is 3.44. The summed E-state index contributed by atoms with van der Waals surface area (Å²) in [6.45, 7) is 3.30. The number of nitrogens with zero attached hydrogens (tertiary/aromatic N) is 4. The van der Waals surface area contributed by atoms with Gasteiger partial charge >= 0.3 is 5.97 Å². The maximum Gasteiger partial charge on any atom is 0.335 e. The Kier molecular flexibility index (Phi) is 4.75. The van der Waals surface area contributed by atoms with Crippen LogP contribution < -0.4 is 5.56 Å². The molecule has 0 saturated carbocycles. The Morgan fingerprint density at radius 3 is 2.67 bits per heavy atom. The number of hydrogen-bond donors (Lipinski definition) is 2. The number of carboxylic acid groups (broad SMARTS) is 1. The minimum Gasteiger partial charge on any atom is -0.493 e. The van der Waals surface area contributed by atoms with Crippen molar-refractivity contribution in [1.29, 1.82) is 5.26 Å². The molecule has 0 amide bonds. The molecular formula is C16H14N4O4. The van der Waals surface area contributed by atoms with E-state index in [4.69, 9.17) is 10.4 Å². The summed E-state index contributed by atoms with van der Waals surface area (Å²) in [6.07, 6.45) is 0. The van der Waals surface area contributed by atoms with E-state index in [1.807, 2.05) is 6.07 Å². The lowest BCUT2D eigenvalue weighted by Gasteiger charge is -2.10. The van der Waals surface area contributed by atoms with Gasteiger partial charge in [-0.15, -0.1) is 5.11 Å². The molecule has 8 heteroatoms. The zero-order valence-corrected chi connectivity index (χ0v) is 13.0. The molecule has 1 aromatic carbocycles. The summed E-state index contributed by atoms with van der Waals surface area (Å²) >= 11 is 0. The summed E-state index contributed by atoms with van der Waals surface area (Å²) in [5, 5.41) is 35.8. The first kappa shape index (κ1) is 16.9. The molecule has 1 heterocycles. The maximum absolute atomic E-state index is 12.4. The SMILES string of the molecule is CCn1c(O)c(C#N)c(C)c(N=Nc2cccc(C(=O)O)c2)c1=O. The summed E-state index contributed by atoms with van der Waals surface area (Å²) in [5.74, 6) is -1.51. The summed E-state index contributed by atoms with van der Waals surface area (Å²) in [5.41, 5.74) is -0.204. The molecule has 2 rings (SSSR count). The highest BCUT2D eigenvalue weighted by Crippen LogP contribution is 2.26. The van der Waals surface area contributed by atoms with Crippen molar-refractivity contribution in [2.75, 3.05) is 0 Å². The van der Waals surface area contributed by atoms with Crippen LogP contribution in [0, 0.1) is 18.3 Å². The number of aromatic nitrogens is 1. The van der Waals surface area contributed by atoms with Crippen LogP contribution in [0.2, 0.25) is 0 Å². The smallest absolute Gasteiger partial charge is 0.335 e. The molecule has 8 nitrogen and oxygen atoms in total. The molecule has 0 radical (unpaired) electrons. The van der Waals surface area contributed by atoms with Gasteiger partial charge in [-0.25, -0.2) is 4.79 Å². The molecule has 1 aromatic heterocycles. The average molecular weight is 326 g/mol. The average Bonchev–Trinajstić information content (AvgIpc) is 2.55. The number of carboxylic acids is 1. The molecule has 2 N–H and O–H groups in total. The molecule has 24 heavy (non-hydrogen) atoms. The van der Waals surface area contributed by atoms with Crippen molar-refractivity contribution >= 4 is 17.3 Å². The summed E-state index contributed by atoms with van der Waals surface area (Å²) in [7, 11) is 0. The van der Waals surface area contributed by atoms with E-state index < -0.39 is 17.4 Å². The number of hydrogen-bond acceptors (Lipinski definition) is 6. The molecule has 0 fully saturated rings. The highest BCUT2D eigenvalue weighted by Gasteiger charge is 2.18. The van der Waals surface area contributed by atoms with Gasteiger partial charge in [0.2, 0.25) is 5.88 Å². The van der Waals surface area contributed by atoms with Crippen molar-refractivity contribution in [3.05, 3.63) is 51.3 Å². The monoisotopic (exact) mass is 326 g/mol. The summed E-state index contributed by atoms with van der Waals surface area (Å²) in [4.78, 5) is 23.3. The zero-order valence-electron chi connectivity index (χ0n) is 13.0. The van der Waals surface area contributed by atoms with Crippen LogP contribution in [0.3, 0.4) is 0 Å². The Morgan fingerprint density at radius 2 is 2.08 bits per heavy atom. The lowest BCUT2D eigenvalue weighted by Crippen LogP contribution is -2.20. The van der Waals surface area contributed by atoms with Crippen LogP contribution >= 0.6 is 0 Å². The van der Waals surface area contributed by atoms with Gasteiger partial charge in [0.1, 0.15) is 11.6 Å². The largest absolute Gasteiger partial charge is 0.493 e. The van der Waals surface area contributed by atoms with E-state index in [0.717, 1.165) is 4.57 Å². The normalized spacial score (nSPS) is 10.7. The number of rotatable bonds is 4. The van der Waals surface area contributed by atoms with Crippen molar-refractivity contribution < 1.29 is 15.0 Å². The van der Waals surface area contributed by atoms with Crippen LogP contribution in [0.25, 0.3) is 0 Å². The van der Waals surface area contributed by atoms with E-state index in [2.05, 4.69) is 10.2 Å². The number of carbonyl (C=O) groups is 1. The van der Waals surface area contributed by atoms with Crippen LogP contribution in [0.5, 0.6) is 5.88 Å². The second-order valence-electron chi connectivity index (χ2n) is 4.89. The van der Waals surface area contributed by atoms with E-state index in [1.165, 1.54) is 31.2 Å². The Bertz CT molecular complexity index is 938. The molecule has 0 atom stereocenters. The van der Waals surface area contributed by atoms with Crippen molar-refractivity contribution in [2.45, 2.75) is 20.4 Å². The number of benzene rings is 1. The molecule has 122 valence electrons. The van der Waals surface area contributed by atoms with Gasteiger partial charge in [-0.1, -0.05) is 6.07 Å². The van der Waals surface area contributed by atoms with Crippen LogP contribution in [0.15, 0.2) is 39.3 Å². The third kappa shape index (κ3) is 3.01. The van der Waals surface area contributed by atoms with Crippen LogP contribution in [-0.2, 0) is 6.54 Å². The first-order chi connectivity index (χ1) is 11.4. The van der Waals surface area contributed by atoms with E-state index >= 15 is 0 Å². The quantitative estimate of drug-likeness (QED) is 0.835. The fraction of sp³-hybridized carbons (Fsp3) is 0.188. The molecule has 0 aliphatic heterocycles. The van der Waals surface area contributed by atoms with E-state index in [0.29, 0.717) is 0 Å². The third-order valence-corrected chi connectivity index (χ3v) is 3.44. The minimum atomic E-state index is -1.10. The van der Waals surface area contributed by atoms with Gasteiger partial charge in [0.05, 0.1) is 11.3 Å². The van der Waals surface area contributed by atoms with Gasteiger partial charge in [0.15, 0.2) is 5.69 Å². The number of pyridine rings is 1. The van der Waals surface area contributed by atoms with Gasteiger partial charge in [0, 0.05) is 12.1 Å². The van der Waals surface area contributed by atoms with Crippen molar-refractivity contribution in [1.82, 2.24) is 4.57 Å². The van der Waals surface area contributed by atoms with E-state index in [9.17, 15) is 14.7 Å². The van der Waals surface area contributed by atoms with E-state index in [-0.39, 0.29) is 34.6 Å². The van der Waals surface area contributed by atoms with Gasteiger partial charge in [-0.05, 0) is 32.0 Å². The fourth-order valence-electron chi connectivity index (χ4n) is 2.16. The van der Waals surface area contributed by atoms with Crippen molar-refractivity contribution in [2.24, 2.45) is 10.2 Å². The first-order valence-corrected chi connectivity index (χ1v) is 7.02. The maximum atomic E-state index is 12.4. The number of aromatic carboxylic acids is 1. The second kappa shape index (κ2) is 6.75. The summed E-state index contributed by atoms with van der Waals surface area (Å²) in [6, 6.07) is 7.60. The van der Waals surface area contributed by atoms with Gasteiger partial charge in [-0.2, -0.15) is 10.4 Å². The predicted molar refractivity (Wildman–Crippen MR) is 85.1 cm³/mol. The van der Waals surface area contributed by atoms with Gasteiger partial charge in [-0.3, -0.25) is 9.36 Å². The zero-order chi connectivity index (χ0) is 17.9. The molecule has 2 aromatic rings. The van der Waals surface area contributed by atoms with Crippen LogP contribution in [0.1, 0.15) is 28.4 Å². The highest BCUT2D eigenvalue weighted by atomic mass is 16.4. The van der Waals surface area contributed by atoms with Crippen LogP contribution in [0.4, 0.5) is 11.4 Å².